The number of nitrogens with zero attached hydrogens (tertiary/aromatic N) is 2. The Morgan fingerprint density at radius 2 is 2.14 bits per heavy atom. The topological polar surface area (TPSA) is 43.8 Å². The van der Waals surface area contributed by atoms with Crippen molar-refractivity contribution >= 4 is 21.7 Å². The van der Waals surface area contributed by atoms with Crippen LogP contribution >= 0.6 is 15.9 Å². The van der Waals surface area contributed by atoms with Gasteiger partial charge in [0.2, 0.25) is 0 Å². The van der Waals surface area contributed by atoms with Gasteiger partial charge in [0.1, 0.15) is 11.6 Å². The second kappa shape index (κ2) is 3.42. The highest BCUT2D eigenvalue weighted by atomic mass is 79.9. The Morgan fingerprint density at radius 1 is 1.36 bits per heavy atom. The van der Waals surface area contributed by atoms with E-state index in [1.807, 2.05) is 0 Å². The van der Waals surface area contributed by atoms with E-state index in [0.29, 0.717) is 10.3 Å². The van der Waals surface area contributed by atoms with Crippen LogP contribution in [0.15, 0.2) is 34.9 Å². The zero-order chi connectivity index (χ0) is 10.1. The van der Waals surface area contributed by atoms with Gasteiger partial charge in [0.05, 0.1) is 10.2 Å². The molecule has 1 heterocycles. The van der Waals surface area contributed by atoms with Gasteiger partial charge in [0.15, 0.2) is 0 Å². The number of nitrogen functional groups attached to an aromatic ring is 1. The van der Waals surface area contributed by atoms with Crippen LogP contribution in [0.25, 0.3) is 5.69 Å². The van der Waals surface area contributed by atoms with Crippen molar-refractivity contribution in [3.63, 3.8) is 0 Å². The smallest absolute Gasteiger partial charge is 0.145 e. The first-order chi connectivity index (χ1) is 6.66. The fourth-order valence-corrected chi connectivity index (χ4v) is 1.48. The van der Waals surface area contributed by atoms with E-state index in [0.717, 1.165) is 5.69 Å². The molecule has 5 heteroatoms. The van der Waals surface area contributed by atoms with Crippen molar-refractivity contribution < 1.29 is 4.39 Å². The normalized spacial score (nSPS) is 10.4. The van der Waals surface area contributed by atoms with Crippen molar-refractivity contribution in [1.82, 2.24) is 9.78 Å². The van der Waals surface area contributed by atoms with E-state index in [-0.39, 0.29) is 5.82 Å². The fourth-order valence-electron chi connectivity index (χ4n) is 1.11. The van der Waals surface area contributed by atoms with E-state index in [1.165, 1.54) is 6.07 Å². The van der Waals surface area contributed by atoms with Gasteiger partial charge in [-0.15, -0.1) is 0 Å². The van der Waals surface area contributed by atoms with Crippen LogP contribution in [-0.4, -0.2) is 9.78 Å². The van der Waals surface area contributed by atoms with E-state index in [1.54, 1.807) is 29.1 Å². The van der Waals surface area contributed by atoms with Crippen molar-refractivity contribution in [2.75, 3.05) is 5.73 Å². The largest absolute Gasteiger partial charge is 0.382 e. The molecule has 3 nitrogen and oxygen atoms in total. The second-order valence-corrected chi connectivity index (χ2v) is 3.64. The van der Waals surface area contributed by atoms with E-state index in [2.05, 4.69) is 21.0 Å². The molecular formula is C9H7BrFN3. The fraction of sp³-hybridized carbons (Fsp3) is 0. The minimum atomic E-state index is -0.297. The summed E-state index contributed by atoms with van der Waals surface area (Å²) in [5, 5.41) is 4.00. The molecule has 0 saturated carbocycles. The van der Waals surface area contributed by atoms with Crippen LogP contribution in [0.5, 0.6) is 0 Å². The molecule has 0 saturated heterocycles. The zero-order valence-corrected chi connectivity index (χ0v) is 8.70. The number of rotatable bonds is 1. The SMILES string of the molecule is Nc1ccn(-c2ccc(F)c(Br)c2)n1. The van der Waals surface area contributed by atoms with Crippen LogP contribution in [0.1, 0.15) is 0 Å². The van der Waals surface area contributed by atoms with Crippen LogP contribution in [0.2, 0.25) is 0 Å². The summed E-state index contributed by atoms with van der Waals surface area (Å²) >= 11 is 3.10. The van der Waals surface area contributed by atoms with E-state index >= 15 is 0 Å². The predicted octanol–water partition coefficient (Wildman–Crippen LogP) is 2.36. The maximum atomic E-state index is 12.9. The molecule has 0 spiro atoms. The summed E-state index contributed by atoms with van der Waals surface area (Å²) < 4.78 is 14.9. The highest BCUT2D eigenvalue weighted by molar-refractivity contribution is 9.10. The summed E-state index contributed by atoms with van der Waals surface area (Å²) in [6.45, 7) is 0. The lowest BCUT2D eigenvalue weighted by molar-refractivity contribution is 0.620. The number of aromatic nitrogens is 2. The van der Waals surface area contributed by atoms with Crippen LogP contribution in [-0.2, 0) is 0 Å². The summed E-state index contributed by atoms with van der Waals surface area (Å²) in [7, 11) is 0. The molecule has 0 aliphatic rings. The van der Waals surface area contributed by atoms with Crippen molar-refractivity contribution in [2.45, 2.75) is 0 Å². The van der Waals surface area contributed by atoms with Gasteiger partial charge >= 0.3 is 0 Å². The molecule has 2 rings (SSSR count). The quantitative estimate of drug-likeness (QED) is 0.851. The van der Waals surface area contributed by atoms with Crippen molar-refractivity contribution in [2.24, 2.45) is 0 Å². The van der Waals surface area contributed by atoms with Crippen molar-refractivity contribution in [1.29, 1.82) is 0 Å². The number of benzene rings is 1. The number of hydrogen-bond donors (Lipinski definition) is 1. The van der Waals surface area contributed by atoms with Crippen molar-refractivity contribution in [3.05, 3.63) is 40.8 Å². The molecule has 2 aromatic rings. The standard InChI is InChI=1S/C9H7BrFN3/c10-7-5-6(1-2-8(7)11)14-4-3-9(12)13-14/h1-5H,(H2,12,13). The van der Waals surface area contributed by atoms with E-state index in [4.69, 9.17) is 5.73 Å². The van der Waals surface area contributed by atoms with Gasteiger partial charge in [-0.3, -0.25) is 0 Å². The molecule has 0 atom stereocenters. The van der Waals surface area contributed by atoms with Crippen LogP contribution in [0.4, 0.5) is 10.2 Å². The average Bonchev–Trinajstić information content (AvgIpc) is 2.57. The summed E-state index contributed by atoms with van der Waals surface area (Å²) in [5.41, 5.74) is 6.23. The summed E-state index contributed by atoms with van der Waals surface area (Å²) in [6, 6.07) is 6.32. The number of hydrogen-bond acceptors (Lipinski definition) is 2. The summed E-state index contributed by atoms with van der Waals surface area (Å²) in [4.78, 5) is 0. The first-order valence-electron chi connectivity index (χ1n) is 3.93. The number of halogens is 2. The third kappa shape index (κ3) is 1.63. The Bertz CT molecular complexity index is 467. The Morgan fingerprint density at radius 3 is 2.71 bits per heavy atom. The molecule has 0 fully saturated rings. The zero-order valence-electron chi connectivity index (χ0n) is 7.11. The maximum absolute atomic E-state index is 12.9. The molecule has 0 amide bonds. The molecule has 0 unspecified atom stereocenters. The average molecular weight is 256 g/mol. The van der Waals surface area contributed by atoms with Crippen LogP contribution in [0.3, 0.4) is 0 Å². The molecule has 0 bridgehead atoms. The molecule has 0 aliphatic heterocycles. The van der Waals surface area contributed by atoms with Gasteiger partial charge in [-0.2, -0.15) is 5.10 Å². The molecule has 1 aromatic heterocycles. The first kappa shape index (κ1) is 9.21. The molecule has 1 aromatic carbocycles. The first-order valence-corrected chi connectivity index (χ1v) is 4.73. The lowest BCUT2D eigenvalue weighted by atomic mass is 10.3. The van der Waals surface area contributed by atoms with Gasteiger partial charge in [-0.25, -0.2) is 9.07 Å². The number of nitrogens with two attached hydrogens (primary N) is 1. The molecule has 2 N–H and O–H groups in total. The third-order valence-corrected chi connectivity index (χ3v) is 2.39. The van der Waals surface area contributed by atoms with Crippen molar-refractivity contribution in [3.8, 4) is 5.69 Å². The number of anilines is 1. The minimum Gasteiger partial charge on any atom is -0.382 e. The minimum absolute atomic E-state index is 0.297. The predicted molar refractivity (Wildman–Crippen MR) is 55.6 cm³/mol. The molecular weight excluding hydrogens is 249 g/mol. The van der Waals surface area contributed by atoms with Crippen LogP contribution < -0.4 is 5.73 Å². The summed E-state index contributed by atoms with van der Waals surface area (Å²) in [5.74, 6) is 0.138. The Labute approximate surface area is 88.5 Å². The summed E-state index contributed by atoms with van der Waals surface area (Å²) in [6.07, 6.45) is 1.72. The molecule has 0 radical (unpaired) electrons. The Hall–Kier alpha value is -1.36. The van der Waals surface area contributed by atoms with Gasteiger partial charge < -0.3 is 5.73 Å². The van der Waals surface area contributed by atoms with Crippen LogP contribution in [0, 0.1) is 5.82 Å². The van der Waals surface area contributed by atoms with Gasteiger partial charge in [-0.1, -0.05) is 0 Å². The van der Waals surface area contributed by atoms with Gasteiger partial charge in [0, 0.05) is 12.3 Å². The second-order valence-electron chi connectivity index (χ2n) is 2.78. The molecule has 14 heavy (non-hydrogen) atoms. The van der Waals surface area contributed by atoms with Gasteiger partial charge in [0.25, 0.3) is 0 Å². The molecule has 0 aliphatic carbocycles. The van der Waals surface area contributed by atoms with Gasteiger partial charge in [-0.05, 0) is 34.1 Å². The Balaban J connectivity index is 2.47. The molecule has 72 valence electrons. The lowest BCUT2D eigenvalue weighted by Gasteiger charge is -2.01. The third-order valence-electron chi connectivity index (χ3n) is 1.78. The monoisotopic (exact) mass is 255 g/mol. The lowest BCUT2D eigenvalue weighted by Crippen LogP contribution is -1.96. The highest BCUT2D eigenvalue weighted by Gasteiger charge is 2.02. The van der Waals surface area contributed by atoms with E-state index < -0.39 is 0 Å². The highest BCUT2D eigenvalue weighted by Crippen LogP contribution is 2.19. The Kier molecular flexibility index (Phi) is 2.25. The maximum Gasteiger partial charge on any atom is 0.145 e. The van der Waals surface area contributed by atoms with E-state index in [9.17, 15) is 4.39 Å².